The van der Waals surface area contributed by atoms with Gasteiger partial charge in [0.2, 0.25) is 0 Å². The fourth-order valence-electron chi connectivity index (χ4n) is 10.9. The number of hydrogen-bond acceptors (Lipinski definition) is 3. The van der Waals surface area contributed by atoms with Crippen molar-refractivity contribution < 1.29 is 15.3 Å². The zero-order valence-electron chi connectivity index (χ0n) is 22.5. The molecule has 4 fully saturated rings. The van der Waals surface area contributed by atoms with Crippen LogP contribution >= 0.6 is 0 Å². The van der Waals surface area contributed by atoms with Gasteiger partial charge in [0.15, 0.2) is 0 Å². The molecular formula is C30H50O3. The number of hydrogen-bond donors (Lipinski definition) is 3. The molecule has 33 heavy (non-hydrogen) atoms. The van der Waals surface area contributed by atoms with E-state index in [2.05, 4.69) is 61.5 Å². The molecule has 0 radical (unpaired) electrons. The van der Waals surface area contributed by atoms with Gasteiger partial charge in [0.05, 0.1) is 18.3 Å². The molecule has 5 rings (SSSR count). The SMILES string of the molecule is C[C@H]1[C@H](C)CC[C@]2(C)CC[C@]3(C)C(=C[C@@H](O)[C@@H]4[C@@]5(C)[C@H](O)C[C@H](O)C(C)(C)[C@@H]5CC[C@]43C)[C@H]12. The van der Waals surface area contributed by atoms with E-state index < -0.39 is 23.7 Å². The summed E-state index contributed by atoms with van der Waals surface area (Å²) in [5.41, 5.74) is 1.25. The molecule has 3 N–H and O–H groups in total. The van der Waals surface area contributed by atoms with Gasteiger partial charge in [0, 0.05) is 17.8 Å². The predicted octanol–water partition coefficient (Wildman–Crippen LogP) is 5.97. The van der Waals surface area contributed by atoms with Crippen molar-refractivity contribution in [1.29, 1.82) is 0 Å². The minimum absolute atomic E-state index is 0.0138. The minimum atomic E-state index is -0.578. The first kappa shape index (κ1) is 24.3. The molecule has 3 heteroatoms. The van der Waals surface area contributed by atoms with Crippen LogP contribution in [0.2, 0.25) is 0 Å². The van der Waals surface area contributed by atoms with Gasteiger partial charge in [-0.25, -0.2) is 0 Å². The molecule has 0 spiro atoms. The second-order valence-corrected chi connectivity index (χ2v) is 14.9. The standard InChI is InChI=1S/C30H50O3/c1-17-9-11-27(5)13-14-28(6)19(24(27)18(17)2)15-20(31)25-29(28,7)12-10-21-26(3,4)22(32)16-23(33)30(21,25)8/h15,17-18,20-25,31-33H,9-14,16H2,1-8H3/t17-,18+,20-,21+,22+,23-,24+,25+,27-,28-,29-,30-/m1/s1. The topological polar surface area (TPSA) is 60.7 Å². The van der Waals surface area contributed by atoms with Crippen LogP contribution in [0.1, 0.15) is 100 Å². The summed E-state index contributed by atoms with van der Waals surface area (Å²) in [7, 11) is 0. The molecular weight excluding hydrogens is 408 g/mol. The fraction of sp³-hybridized carbons (Fsp3) is 0.933. The minimum Gasteiger partial charge on any atom is -0.392 e. The number of aliphatic hydroxyl groups is 3. The molecule has 0 aliphatic heterocycles. The maximum absolute atomic E-state index is 12.0. The van der Waals surface area contributed by atoms with E-state index in [9.17, 15) is 15.3 Å². The number of fused-ring (bicyclic) bond motifs is 7. The average Bonchev–Trinajstić information content (AvgIpc) is 2.71. The highest BCUT2D eigenvalue weighted by Crippen LogP contribution is 2.75. The Morgan fingerprint density at radius 3 is 2.15 bits per heavy atom. The lowest BCUT2D eigenvalue weighted by atomic mass is 9.32. The zero-order chi connectivity index (χ0) is 24.4. The predicted molar refractivity (Wildman–Crippen MR) is 133 cm³/mol. The Morgan fingerprint density at radius 2 is 1.48 bits per heavy atom. The monoisotopic (exact) mass is 458 g/mol. The van der Waals surface area contributed by atoms with Gasteiger partial charge in [-0.3, -0.25) is 0 Å². The summed E-state index contributed by atoms with van der Waals surface area (Å²) in [6.07, 6.45) is 8.29. The quantitative estimate of drug-likeness (QED) is 0.392. The van der Waals surface area contributed by atoms with E-state index >= 15 is 0 Å². The average molecular weight is 459 g/mol. The van der Waals surface area contributed by atoms with Gasteiger partial charge in [-0.2, -0.15) is 0 Å². The molecule has 0 aromatic heterocycles. The van der Waals surface area contributed by atoms with Crippen LogP contribution in [0.25, 0.3) is 0 Å². The van der Waals surface area contributed by atoms with E-state index in [1.54, 1.807) is 5.57 Å². The van der Waals surface area contributed by atoms with Crippen LogP contribution in [0.3, 0.4) is 0 Å². The third-order valence-corrected chi connectivity index (χ3v) is 13.4. The van der Waals surface area contributed by atoms with Crippen LogP contribution in [0.15, 0.2) is 11.6 Å². The first-order valence-corrected chi connectivity index (χ1v) is 13.9. The molecule has 12 atom stereocenters. The van der Waals surface area contributed by atoms with Crippen molar-refractivity contribution in [3.05, 3.63) is 11.6 Å². The largest absolute Gasteiger partial charge is 0.392 e. The molecule has 0 aromatic carbocycles. The van der Waals surface area contributed by atoms with E-state index in [1.165, 1.54) is 25.7 Å². The molecule has 5 aliphatic carbocycles. The van der Waals surface area contributed by atoms with Crippen molar-refractivity contribution in [2.75, 3.05) is 0 Å². The van der Waals surface area contributed by atoms with E-state index in [0.29, 0.717) is 23.7 Å². The van der Waals surface area contributed by atoms with Gasteiger partial charge >= 0.3 is 0 Å². The summed E-state index contributed by atoms with van der Waals surface area (Å²) in [5, 5.41) is 34.4. The van der Waals surface area contributed by atoms with E-state index in [1.807, 2.05) is 0 Å². The van der Waals surface area contributed by atoms with E-state index in [0.717, 1.165) is 18.8 Å². The highest BCUT2D eigenvalue weighted by molar-refractivity contribution is 5.36. The summed E-state index contributed by atoms with van der Waals surface area (Å²) < 4.78 is 0. The number of rotatable bonds is 0. The van der Waals surface area contributed by atoms with Crippen molar-refractivity contribution in [1.82, 2.24) is 0 Å². The van der Waals surface area contributed by atoms with Crippen molar-refractivity contribution >= 4 is 0 Å². The molecule has 5 aliphatic rings. The normalized spacial score (nSPS) is 60.0. The van der Waals surface area contributed by atoms with Crippen LogP contribution in [-0.4, -0.2) is 33.6 Å². The number of aliphatic hydroxyl groups excluding tert-OH is 3. The summed E-state index contributed by atoms with van der Waals surface area (Å²) in [6.45, 7) is 19.0. The molecule has 0 aromatic rings. The zero-order valence-corrected chi connectivity index (χ0v) is 22.5. The van der Waals surface area contributed by atoms with Gasteiger partial charge in [-0.1, -0.05) is 67.0 Å². The second-order valence-electron chi connectivity index (χ2n) is 14.9. The molecule has 0 unspecified atom stereocenters. The molecule has 3 nitrogen and oxygen atoms in total. The lowest BCUT2D eigenvalue weighted by Crippen LogP contribution is -2.70. The van der Waals surface area contributed by atoms with Crippen LogP contribution in [-0.2, 0) is 0 Å². The maximum Gasteiger partial charge on any atom is 0.0763 e. The fourth-order valence-corrected chi connectivity index (χ4v) is 10.9. The molecule has 188 valence electrons. The Morgan fingerprint density at radius 1 is 0.818 bits per heavy atom. The summed E-state index contributed by atoms with van der Waals surface area (Å²) >= 11 is 0. The Kier molecular flexibility index (Phi) is 5.23. The smallest absolute Gasteiger partial charge is 0.0763 e. The summed E-state index contributed by atoms with van der Waals surface area (Å²) in [6, 6.07) is 0. The van der Waals surface area contributed by atoms with Crippen LogP contribution in [0, 0.1) is 56.7 Å². The van der Waals surface area contributed by atoms with Crippen LogP contribution < -0.4 is 0 Å². The maximum atomic E-state index is 12.0. The first-order chi connectivity index (χ1) is 15.1. The first-order valence-electron chi connectivity index (χ1n) is 13.9. The van der Waals surface area contributed by atoms with Gasteiger partial charge in [-0.05, 0) is 83.9 Å². The van der Waals surface area contributed by atoms with Gasteiger partial charge < -0.3 is 15.3 Å². The second kappa shape index (κ2) is 7.10. The highest BCUT2D eigenvalue weighted by atomic mass is 16.3. The number of allylic oxidation sites excluding steroid dienone is 1. The summed E-state index contributed by atoms with van der Waals surface area (Å²) in [5.74, 6) is 2.14. The Hall–Kier alpha value is -0.380. The Labute approximate surface area is 202 Å². The molecule has 0 bridgehead atoms. The van der Waals surface area contributed by atoms with Crippen molar-refractivity contribution in [2.45, 2.75) is 119 Å². The van der Waals surface area contributed by atoms with Crippen molar-refractivity contribution in [3.63, 3.8) is 0 Å². The highest BCUT2D eigenvalue weighted by Gasteiger charge is 2.71. The lowest BCUT2D eigenvalue weighted by molar-refractivity contribution is -0.260. The molecule has 4 saturated carbocycles. The van der Waals surface area contributed by atoms with E-state index in [-0.39, 0.29) is 28.1 Å². The van der Waals surface area contributed by atoms with Crippen molar-refractivity contribution in [2.24, 2.45) is 56.7 Å². The Bertz CT molecular complexity index is 847. The third-order valence-electron chi connectivity index (χ3n) is 13.4. The lowest BCUT2D eigenvalue weighted by Gasteiger charge is -2.72. The molecule has 0 heterocycles. The van der Waals surface area contributed by atoms with Gasteiger partial charge in [0.1, 0.15) is 0 Å². The van der Waals surface area contributed by atoms with Crippen LogP contribution in [0.5, 0.6) is 0 Å². The Balaban J connectivity index is 1.66. The van der Waals surface area contributed by atoms with Gasteiger partial charge in [0.25, 0.3) is 0 Å². The molecule has 0 saturated heterocycles. The van der Waals surface area contributed by atoms with E-state index in [4.69, 9.17) is 0 Å². The van der Waals surface area contributed by atoms with Crippen molar-refractivity contribution in [3.8, 4) is 0 Å². The third kappa shape index (κ3) is 2.80. The van der Waals surface area contributed by atoms with Crippen LogP contribution in [0.4, 0.5) is 0 Å². The molecule has 0 amide bonds. The van der Waals surface area contributed by atoms with Gasteiger partial charge in [-0.15, -0.1) is 0 Å². The summed E-state index contributed by atoms with van der Waals surface area (Å²) in [4.78, 5) is 0.